The summed E-state index contributed by atoms with van der Waals surface area (Å²) in [6.45, 7) is 2.20. The average molecular weight is 316 g/mol. The molecule has 1 amide bonds. The molecule has 1 aliphatic rings. The van der Waals surface area contributed by atoms with Crippen LogP contribution in [-0.4, -0.2) is 33.9 Å². The van der Waals surface area contributed by atoms with Gasteiger partial charge in [0.05, 0.1) is 13.7 Å². The molecule has 1 aromatic carbocycles. The van der Waals surface area contributed by atoms with Crippen LogP contribution < -0.4 is 15.7 Å². The van der Waals surface area contributed by atoms with Gasteiger partial charge in [0.15, 0.2) is 5.82 Å². The Morgan fingerprint density at radius 2 is 2.04 bits per heavy atom. The first kappa shape index (κ1) is 15.3. The van der Waals surface area contributed by atoms with Crippen molar-refractivity contribution in [2.24, 2.45) is 0 Å². The third-order valence-corrected chi connectivity index (χ3v) is 3.83. The summed E-state index contributed by atoms with van der Waals surface area (Å²) in [5.41, 5.74) is 0.761. The van der Waals surface area contributed by atoms with Crippen LogP contribution in [-0.2, 0) is 11.3 Å². The van der Waals surface area contributed by atoms with Crippen molar-refractivity contribution in [1.29, 1.82) is 0 Å². The van der Waals surface area contributed by atoms with E-state index in [2.05, 4.69) is 10.4 Å². The lowest BCUT2D eigenvalue weighted by molar-refractivity contribution is -0.118. The van der Waals surface area contributed by atoms with E-state index in [1.165, 1.54) is 11.6 Å². The molecule has 1 saturated carbocycles. The fourth-order valence-corrected chi connectivity index (χ4v) is 2.50. The molecule has 0 atom stereocenters. The van der Waals surface area contributed by atoms with Crippen molar-refractivity contribution in [2.45, 2.75) is 32.4 Å². The van der Waals surface area contributed by atoms with Crippen molar-refractivity contribution in [3.05, 3.63) is 34.7 Å². The quantitative estimate of drug-likeness (QED) is 0.868. The lowest BCUT2D eigenvalue weighted by Gasteiger charge is -2.04. The van der Waals surface area contributed by atoms with Crippen molar-refractivity contribution >= 4 is 5.91 Å². The zero-order valence-corrected chi connectivity index (χ0v) is 13.3. The van der Waals surface area contributed by atoms with E-state index in [0.29, 0.717) is 18.9 Å². The van der Waals surface area contributed by atoms with Crippen LogP contribution in [0, 0.1) is 0 Å². The van der Waals surface area contributed by atoms with Crippen molar-refractivity contribution in [2.75, 3.05) is 13.7 Å². The molecule has 0 aliphatic heterocycles. The molecule has 1 aromatic heterocycles. The topological polar surface area (TPSA) is 78.2 Å². The average Bonchev–Trinajstić information content (AvgIpc) is 3.32. The maximum absolute atomic E-state index is 12.6. The molecule has 0 bridgehead atoms. The number of hydrogen-bond donors (Lipinski definition) is 1. The Labute approximate surface area is 133 Å². The van der Waals surface area contributed by atoms with Gasteiger partial charge in [-0.3, -0.25) is 9.36 Å². The third-order valence-electron chi connectivity index (χ3n) is 3.83. The lowest BCUT2D eigenvalue weighted by atomic mass is 10.2. The molecule has 1 aliphatic carbocycles. The summed E-state index contributed by atoms with van der Waals surface area (Å²) >= 11 is 0. The second-order valence-electron chi connectivity index (χ2n) is 5.64. The Hall–Kier alpha value is -2.57. The lowest BCUT2D eigenvalue weighted by Crippen LogP contribution is -2.31. The molecule has 1 fully saturated rings. The number of hydrogen-bond acceptors (Lipinski definition) is 4. The van der Waals surface area contributed by atoms with Crippen LogP contribution in [0.15, 0.2) is 29.1 Å². The third kappa shape index (κ3) is 3.28. The summed E-state index contributed by atoms with van der Waals surface area (Å²) < 4.78 is 8.35. The highest BCUT2D eigenvalue weighted by Crippen LogP contribution is 2.36. The van der Waals surface area contributed by atoms with Gasteiger partial charge in [-0.25, -0.2) is 9.48 Å². The summed E-state index contributed by atoms with van der Waals surface area (Å²) in [6, 6.07) is 7.74. The van der Waals surface area contributed by atoms with E-state index in [0.717, 1.165) is 24.2 Å². The van der Waals surface area contributed by atoms with Gasteiger partial charge < -0.3 is 10.1 Å². The minimum absolute atomic E-state index is 0.116. The van der Waals surface area contributed by atoms with E-state index in [1.54, 1.807) is 11.7 Å². The normalized spacial score (nSPS) is 13.8. The zero-order chi connectivity index (χ0) is 16.4. The highest BCUT2D eigenvalue weighted by Gasteiger charge is 2.30. The molecule has 7 nitrogen and oxygen atoms in total. The summed E-state index contributed by atoms with van der Waals surface area (Å²) in [5, 5.41) is 7.15. The molecule has 3 rings (SSSR count). The molecule has 7 heteroatoms. The van der Waals surface area contributed by atoms with Gasteiger partial charge in [0.1, 0.15) is 5.75 Å². The highest BCUT2D eigenvalue weighted by atomic mass is 16.5. The Bertz CT molecular complexity index is 757. The van der Waals surface area contributed by atoms with Crippen LogP contribution >= 0.6 is 0 Å². The molecule has 1 heterocycles. The highest BCUT2D eigenvalue weighted by molar-refractivity contribution is 5.72. The number of ether oxygens (including phenoxy) is 1. The van der Waals surface area contributed by atoms with Gasteiger partial charge in [-0.05, 0) is 37.1 Å². The van der Waals surface area contributed by atoms with Crippen molar-refractivity contribution in [1.82, 2.24) is 19.7 Å². The summed E-state index contributed by atoms with van der Waals surface area (Å²) in [6.07, 6.45) is 2.00. The molecule has 122 valence electrons. The second kappa shape index (κ2) is 6.28. The van der Waals surface area contributed by atoms with E-state index < -0.39 is 0 Å². The first-order valence-electron chi connectivity index (χ1n) is 7.68. The van der Waals surface area contributed by atoms with Crippen LogP contribution in [0.5, 0.6) is 5.75 Å². The predicted octanol–water partition coefficient (Wildman–Crippen LogP) is 1.19. The zero-order valence-electron chi connectivity index (χ0n) is 13.3. The van der Waals surface area contributed by atoms with Crippen LogP contribution in [0.4, 0.5) is 0 Å². The predicted molar refractivity (Wildman–Crippen MR) is 85.4 cm³/mol. The smallest absolute Gasteiger partial charge is 0.346 e. The van der Waals surface area contributed by atoms with Gasteiger partial charge >= 0.3 is 5.69 Å². The van der Waals surface area contributed by atoms with Crippen LogP contribution in [0.3, 0.4) is 0 Å². The summed E-state index contributed by atoms with van der Waals surface area (Å²) in [4.78, 5) is 23.5. The van der Waals surface area contributed by atoms with Gasteiger partial charge in [0, 0.05) is 25.1 Å². The largest absolute Gasteiger partial charge is 0.497 e. The minimum atomic E-state index is -0.122. The number of carbonyl (C=O) groups is 1. The number of nitrogens with zero attached hydrogens (tertiary/aromatic N) is 3. The summed E-state index contributed by atoms with van der Waals surface area (Å²) in [7, 11) is 1.62. The SMILES string of the molecule is COc1ccc(-c2nn(CCNC(C)=O)c(=O)n2C2CC2)cc1. The van der Waals surface area contributed by atoms with E-state index in [-0.39, 0.29) is 17.6 Å². The number of carbonyl (C=O) groups excluding carboxylic acids is 1. The molecule has 1 N–H and O–H groups in total. The second-order valence-corrected chi connectivity index (χ2v) is 5.64. The molecular formula is C16H20N4O3. The standard InChI is InChI=1S/C16H20N4O3/c1-11(21)17-9-10-19-16(22)20(13-5-6-13)15(18-19)12-3-7-14(23-2)8-4-12/h3-4,7-8,13H,5-6,9-10H2,1-2H3,(H,17,21). The molecule has 0 unspecified atom stereocenters. The first-order chi connectivity index (χ1) is 11.1. The Balaban J connectivity index is 1.91. The van der Waals surface area contributed by atoms with Gasteiger partial charge in [-0.2, -0.15) is 0 Å². The maximum atomic E-state index is 12.6. The number of methoxy groups -OCH3 is 1. The van der Waals surface area contributed by atoms with E-state index in [9.17, 15) is 9.59 Å². The van der Waals surface area contributed by atoms with Gasteiger partial charge in [0.25, 0.3) is 0 Å². The minimum Gasteiger partial charge on any atom is -0.497 e. The number of amides is 1. The molecule has 23 heavy (non-hydrogen) atoms. The van der Waals surface area contributed by atoms with E-state index in [1.807, 2.05) is 24.3 Å². The molecule has 0 spiro atoms. The van der Waals surface area contributed by atoms with Crippen molar-refractivity contribution in [3.63, 3.8) is 0 Å². The fraction of sp³-hybridized carbons (Fsp3) is 0.438. The van der Waals surface area contributed by atoms with Gasteiger partial charge in [0.2, 0.25) is 5.91 Å². The maximum Gasteiger partial charge on any atom is 0.346 e. The molecule has 0 saturated heterocycles. The monoisotopic (exact) mass is 316 g/mol. The van der Waals surface area contributed by atoms with E-state index in [4.69, 9.17) is 4.74 Å². The Morgan fingerprint density at radius 3 is 2.61 bits per heavy atom. The fourth-order valence-electron chi connectivity index (χ4n) is 2.50. The number of benzene rings is 1. The van der Waals surface area contributed by atoms with Crippen LogP contribution in [0.2, 0.25) is 0 Å². The van der Waals surface area contributed by atoms with Gasteiger partial charge in [-0.15, -0.1) is 5.10 Å². The van der Waals surface area contributed by atoms with Crippen molar-refractivity contribution < 1.29 is 9.53 Å². The first-order valence-corrected chi connectivity index (χ1v) is 7.68. The van der Waals surface area contributed by atoms with Crippen molar-refractivity contribution in [3.8, 4) is 17.1 Å². The number of rotatable bonds is 6. The molecule has 0 radical (unpaired) electrons. The number of nitrogens with one attached hydrogen (secondary N) is 1. The van der Waals surface area contributed by atoms with Crippen LogP contribution in [0.25, 0.3) is 11.4 Å². The van der Waals surface area contributed by atoms with Crippen LogP contribution in [0.1, 0.15) is 25.8 Å². The molecule has 2 aromatic rings. The summed E-state index contributed by atoms with van der Waals surface area (Å²) in [5.74, 6) is 1.32. The molecular weight excluding hydrogens is 296 g/mol. The Kier molecular flexibility index (Phi) is 4.18. The van der Waals surface area contributed by atoms with Gasteiger partial charge in [-0.1, -0.05) is 0 Å². The van der Waals surface area contributed by atoms with E-state index >= 15 is 0 Å². The number of aromatic nitrogens is 3. The Morgan fingerprint density at radius 1 is 1.35 bits per heavy atom.